The Labute approximate surface area is 196 Å². The van der Waals surface area contributed by atoms with Crippen molar-refractivity contribution < 1.29 is 22.7 Å². The van der Waals surface area contributed by atoms with Gasteiger partial charge >= 0.3 is 0 Å². The molecule has 0 aliphatic heterocycles. The molecule has 2 aromatic heterocycles. The van der Waals surface area contributed by atoms with E-state index in [1.807, 2.05) is 12.1 Å². The van der Waals surface area contributed by atoms with Crippen LogP contribution in [0.3, 0.4) is 0 Å². The lowest BCUT2D eigenvalue weighted by Gasteiger charge is -2.09. The summed E-state index contributed by atoms with van der Waals surface area (Å²) in [4.78, 5) is 17.2. The zero-order chi connectivity index (χ0) is 24.3. The van der Waals surface area contributed by atoms with Crippen LogP contribution in [0.1, 0.15) is 16.1 Å². The van der Waals surface area contributed by atoms with E-state index in [-0.39, 0.29) is 16.5 Å². The second-order valence-corrected chi connectivity index (χ2v) is 8.97. The zero-order valence-corrected chi connectivity index (χ0v) is 19.4. The molecule has 10 nitrogen and oxygen atoms in total. The first-order chi connectivity index (χ1) is 16.3. The minimum Gasteiger partial charge on any atom is -0.493 e. The number of benzene rings is 2. The van der Waals surface area contributed by atoms with E-state index in [0.717, 1.165) is 11.1 Å². The summed E-state index contributed by atoms with van der Waals surface area (Å²) in [5.74, 6) is 0.879. The molecule has 34 heavy (non-hydrogen) atoms. The van der Waals surface area contributed by atoms with Crippen LogP contribution in [0.5, 0.6) is 11.5 Å². The lowest BCUT2D eigenvalue weighted by atomic mass is 10.1. The Morgan fingerprint density at radius 3 is 2.44 bits per heavy atom. The molecular weight excluding hydrogens is 458 g/mol. The Hall–Kier alpha value is -3.96. The molecule has 0 bridgehead atoms. The predicted molar refractivity (Wildman–Crippen MR) is 125 cm³/mol. The first kappa shape index (κ1) is 23.2. The quantitative estimate of drug-likeness (QED) is 0.393. The minimum absolute atomic E-state index is 0.0462. The Morgan fingerprint density at radius 1 is 1.03 bits per heavy atom. The van der Waals surface area contributed by atoms with E-state index >= 15 is 0 Å². The molecule has 0 unspecified atom stereocenters. The van der Waals surface area contributed by atoms with Crippen molar-refractivity contribution in [3.05, 3.63) is 72.1 Å². The maximum atomic E-state index is 12.6. The number of hydrogen-bond acceptors (Lipinski definition) is 7. The largest absolute Gasteiger partial charge is 0.493 e. The first-order valence-electron chi connectivity index (χ1n) is 10.3. The Balaban J connectivity index is 1.44. The van der Waals surface area contributed by atoms with Gasteiger partial charge in [0.15, 0.2) is 22.8 Å². The minimum atomic E-state index is -3.73. The van der Waals surface area contributed by atoms with Crippen molar-refractivity contribution in [1.29, 1.82) is 0 Å². The molecule has 1 amide bonds. The molecule has 11 heteroatoms. The van der Waals surface area contributed by atoms with E-state index < -0.39 is 10.0 Å². The smallest absolute Gasteiger partial charge is 0.271 e. The van der Waals surface area contributed by atoms with Gasteiger partial charge in [0.2, 0.25) is 10.0 Å². The van der Waals surface area contributed by atoms with Crippen LogP contribution in [0, 0.1) is 0 Å². The maximum absolute atomic E-state index is 12.6. The van der Waals surface area contributed by atoms with Gasteiger partial charge in [-0.05, 0) is 48.4 Å². The number of primary sulfonamides is 1. The molecule has 0 aliphatic rings. The van der Waals surface area contributed by atoms with Crippen LogP contribution < -0.4 is 19.9 Å². The van der Waals surface area contributed by atoms with Crippen molar-refractivity contribution in [3.8, 4) is 22.8 Å². The summed E-state index contributed by atoms with van der Waals surface area (Å²) in [5.41, 5.74) is 3.16. The molecule has 3 N–H and O–H groups in total. The molecule has 0 saturated heterocycles. The Kier molecular flexibility index (Phi) is 6.48. The van der Waals surface area contributed by atoms with Gasteiger partial charge in [0.25, 0.3) is 5.91 Å². The molecule has 0 aliphatic carbocycles. The summed E-state index contributed by atoms with van der Waals surface area (Å²) < 4.78 is 34.8. The molecule has 2 aromatic carbocycles. The highest BCUT2D eigenvalue weighted by molar-refractivity contribution is 7.89. The number of aromatic nitrogens is 3. The molecule has 0 atom stereocenters. The number of carbonyl (C=O) groups is 1. The van der Waals surface area contributed by atoms with Gasteiger partial charge in [0.05, 0.1) is 24.8 Å². The third-order valence-electron chi connectivity index (χ3n) is 5.19. The van der Waals surface area contributed by atoms with E-state index in [0.29, 0.717) is 35.8 Å². The van der Waals surface area contributed by atoms with Gasteiger partial charge < -0.3 is 14.8 Å². The maximum Gasteiger partial charge on any atom is 0.271 e. The number of fused-ring (bicyclic) bond motifs is 1. The van der Waals surface area contributed by atoms with Crippen LogP contribution in [0.15, 0.2) is 65.7 Å². The van der Waals surface area contributed by atoms with Crippen LogP contribution in [-0.4, -0.2) is 49.7 Å². The topological polar surface area (TPSA) is 138 Å². The zero-order valence-electron chi connectivity index (χ0n) is 18.6. The standard InChI is InChI=1S/C23H23N5O5S/c1-32-20-8-5-16(13-21(20)33-2)18-10-12-28-22(26-18)14-19(27-28)23(29)25-11-9-15-3-6-17(7-4-15)34(24,30)31/h3-8,10,12-14H,9,11H2,1-2H3,(H,25,29)(H2,24,30,31). The Morgan fingerprint density at radius 2 is 1.76 bits per heavy atom. The lowest BCUT2D eigenvalue weighted by molar-refractivity contribution is 0.0949. The van der Waals surface area contributed by atoms with Crippen molar-refractivity contribution in [2.45, 2.75) is 11.3 Å². The molecule has 2 heterocycles. The van der Waals surface area contributed by atoms with Crippen LogP contribution in [0.25, 0.3) is 16.9 Å². The Bertz CT molecular complexity index is 1450. The molecule has 0 radical (unpaired) electrons. The van der Waals surface area contributed by atoms with Crippen molar-refractivity contribution in [2.75, 3.05) is 20.8 Å². The van der Waals surface area contributed by atoms with Gasteiger partial charge in [0, 0.05) is 24.4 Å². The van der Waals surface area contributed by atoms with E-state index in [2.05, 4.69) is 15.4 Å². The van der Waals surface area contributed by atoms with Crippen molar-refractivity contribution in [2.24, 2.45) is 5.14 Å². The second kappa shape index (κ2) is 9.49. The highest BCUT2D eigenvalue weighted by Gasteiger charge is 2.13. The number of nitrogens with zero attached hydrogens (tertiary/aromatic N) is 3. The average Bonchev–Trinajstić information content (AvgIpc) is 3.27. The number of sulfonamides is 1. The predicted octanol–water partition coefficient (Wildman–Crippen LogP) is 2.03. The van der Waals surface area contributed by atoms with E-state index in [1.165, 1.54) is 16.6 Å². The van der Waals surface area contributed by atoms with Crippen LogP contribution in [0.2, 0.25) is 0 Å². The van der Waals surface area contributed by atoms with Gasteiger partial charge in [-0.25, -0.2) is 23.1 Å². The van der Waals surface area contributed by atoms with Crippen LogP contribution >= 0.6 is 0 Å². The highest BCUT2D eigenvalue weighted by Crippen LogP contribution is 2.31. The molecule has 0 fully saturated rings. The van der Waals surface area contributed by atoms with E-state index in [1.54, 1.807) is 50.7 Å². The van der Waals surface area contributed by atoms with Crippen molar-refractivity contribution in [3.63, 3.8) is 0 Å². The number of nitrogens with two attached hydrogens (primary N) is 1. The SMILES string of the molecule is COc1ccc(-c2ccn3nc(C(=O)NCCc4ccc(S(N)(=O)=O)cc4)cc3n2)cc1OC. The summed E-state index contributed by atoms with van der Waals surface area (Å²) in [6, 6.07) is 15.1. The van der Waals surface area contributed by atoms with Crippen molar-refractivity contribution in [1.82, 2.24) is 19.9 Å². The van der Waals surface area contributed by atoms with E-state index in [4.69, 9.17) is 14.6 Å². The molecule has 176 valence electrons. The van der Waals surface area contributed by atoms with Crippen LogP contribution in [-0.2, 0) is 16.4 Å². The normalized spacial score (nSPS) is 11.4. The summed E-state index contributed by atoms with van der Waals surface area (Å²) in [5, 5.41) is 12.2. The molecular formula is C23H23N5O5S. The molecule has 4 rings (SSSR count). The van der Waals surface area contributed by atoms with Gasteiger partial charge in [-0.2, -0.15) is 5.10 Å². The fraction of sp³-hybridized carbons (Fsp3) is 0.174. The number of rotatable bonds is 8. The first-order valence-corrected chi connectivity index (χ1v) is 11.8. The summed E-state index contributed by atoms with van der Waals surface area (Å²) >= 11 is 0. The van der Waals surface area contributed by atoms with Crippen molar-refractivity contribution >= 4 is 21.6 Å². The highest BCUT2D eigenvalue weighted by atomic mass is 32.2. The third-order valence-corrected chi connectivity index (χ3v) is 6.12. The molecule has 4 aromatic rings. The number of ether oxygens (including phenoxy) is 2. The van der Waals surface area contributed by atoms with Gasteiger partial charge in [-0.1, -0.05) is 12.1 Å². The average molecular weight is 482 g/mol. The van der Waals surface area contributed by atoms with Gasteiger partial charge in [0.1, 0.15) is 0 Å². The third kappa shape index (κ3) is 5.00. The summed E-state index contributed by atoms with van der Waals surface area (Å²) in [7, 11) is -0.585. The second-order valence-electron chi connectivity index (χ2n) is 7.41. The van der Waals surface area contributed by atoms with Gasteiger partial charge in [-0.15, -0.1) is 0 Å². The van der Waals surface area contributed by atoms with Crippen LogP contribution in [0.4, 0.5) is 0 Å². The number of carbonyl (C=O) groups excluding carboxylic acids is 1. The monoisotopic (exact) mass is 481 g/mol. The summed E-state index contributed by atoms with van der Waals surface area (Å²) in [6.07, 6.45) is 2.25. The number of hydrogen-bond donors (Lipinski definition) is 2. The number of methoxy groups -OCH3 is 2. The summed E-state index contributed by atoms with van der Waals surface area (Å²) in [6.45, 7) is 0.353. The number of amides is 1. The lowest BCUT2D eigenvalue weighted by Crippen LogP contribution is -2.26. The molecule has 0 saturated carbocycles. The molecule has 0 spiro atoms. The fourth-order valence-electron chi connectivity index (χ4n) is 3.40. The number of nitrogens with one attached hydrogen (secondary N) is 1. The van der Waals surface area contributed by atoms with E-state index in [9.17, 15) is 13.2 Å². The fourth-order valence-corrected chi connectivity index (χ4v) is 3.92. The van der Waals surface area contributed by atoms with Gasteiger partial charge in [-0.3, -0.25) is 4.79 Å².